The van der Waals surface area contributed by atoms with Gasteiger partial charge >= 0.3 is 0 Å². The zero-order chi connectivity index (χ0) is 12.3. The lowest BCUT2D eigenvalue weighted by atomic mass is 9.99. The molecule has 0 bridgehead atoms. The minimum Gasteiger partial charge on any atom is -0.351 e. The van der Waals surface area contributed by atoms with Crippen LogP contribution in [-0.4, -0.2) is 17.8 Å². The summed E-state index contributed by atoms with van der Waals surface area (Å²) in [6.45, 7) is 2.60. The molecule has 1 aromatic heterocycles. The molecule has 1 aromatic rings. The van der Waals surface area contributed by atoms with Crippen LogP contribution in [0.5, 0.6) is 0 Å². The number of hydrogen-bond acceptors (Lipinski definition) is 2. The number of rotatable bonds is 4. The van der Waals surface area contributed by atoms with E-state index in [4.69, 9.17) is 11.6 Å². The van der Waals surface area contributed by atoms with Gasteiger partial charge in [-0.15, -0.1) is 22.9 Å². The molecule has 1 atom stereocenters. The van der Waals surface area contributed by atoms with Crippen molar-refractivity contribution >= 4 is 28.8 Å². The molecule has 0 aromatic carbocycles. The van der Waals surface area contributed by atoms with Crippen LogP contribution in [0.3, 0.4) is 0 Å². The number of amides is 1. The van der Waals surface area contributed by atoms with Crippen LogP contribution in [-0.2, 0) is 12.8 Å². The lowest BCUT2D eigenvalue weighted by Gasteiger charge is -2.08. The molecule has 94 valence electrons. The van der Waals surface area contributed by atoms with E-state index in [1.807, 2.05) is 6.92 Å². The summed E-state index contributed by atoms with van der Waals surface area (Å²) in [6, 6.07) is 2.07. The van der Waals surface area contributed by atoms with Crippen LogP contribution in [0.4, 0.5) is 0 Å². The number of halogens is 1. The molecule has 1 heterocycles. The number of alkyl halides is 1. The van der Waals surface area contributed by atoms with Gasteiger partial charge in [-0.1, -0.05) is 0 Å². The van der Waals surface area contributed by atoms with E-state index in [0.717, 1.165) is 24.1 Å². The summed E-state index contributed by atoms with van der Waals surface area (Å²) in [5.41, 5.74) is 1.39. The second-order valence-corrected chi connectivity index (χ2v) is 6.47. The fourth-order valence-electron chi connectivity index (χ4n) is 2.07. The number of fused-ring (bicyclic) bond motifs is 1. The van der Waals surface area contributed by atoms with E-state index in [0.29, 0.717) is 6.54 Å². The molecular formula is C13H18ClNOS. The molecule has 1 aliphatic rings. The van der Waals surface area contributed by atoms with Gasteiger partial charge in [-0.3, -0.25) is 4.79 Å². The van der Waals surface area contributed by atoms with E-state index in [9.17, 15) is 4.79 Å². The van der Waals surface area contributed by atoms with Crippen LogP contribution < -0.4 is 5.32 Å². The Morgan fingerprint density at radius 1 is 1.53 bits per heavy atom. The van der Waals surface area contributed by atoms with E-state index in [1.165, 1.54) is 23.3 Å². The van der Waals surface area contributed by atoms with Crippen molar-refractivity contribution in [2.75, 3.05) is 6.54 Å². The molecule has 1 N–H and O–H groups in total. The molecule has 1 amide bonds. The third-order valence-electron chi connectivity index (χ3n) is 3.05. The first-order chi connectivity index (χ1) is 8.16. The highest BCUT2D eigenvalue weighted by Gasteiger charge is 2.16. The predicted molar refractivity (Wildman–Crippen MR) is 73.2 cm³/mol. The van der Waals surface area contributed by atoms with Gasteiger partial charge in [-0.2, -0.15) is 0 Å². The van der Waals surface area contributed by atoms with E-state index in [2.05, 4.69) is 11.4 Å². The maximum absolute atomic E-state index is 11.9. The van der Waals surface area contributed by atoms with Gasteiger partial charge < -0.3 is 5.32 Å². The van der Waals surface area contributed by atoms with Crippen molar-refractivity contribution in [3.63, 3.8) is 0 Å². The molecule has 1 unspecified atom stereocenters. The largest absolute Gasteiger partial charge is 0.351 e. The molecule has 0 spiro atoms. The van der Waals surface area contributed by atoms with Crippen molar-refractivity contribution in [1.82, 2.24) is 5.32 Å². The molecular weight excluding hydrogens is 254 g/mol. The molecule has 0 aliphatic heterocycles. The SMILES string of the molecule is CC(Cl)CCNC(=O)c1cc2c(s1)CCCC2. The normalized spacial score (nSPS) is 16.4. The molecule has 17 heavy (non-hydrogen) atoms. The fraction of sp³-hybridized carbons (Fsp3) is 0.615. The van der Waals surface area contributed by atoms with Gasteiger partial charge in [0.2, 0.25) is 0 Å². The van der Waals surface area contributed by atoms with Gasteiger partial charge in [-0.25, -0.2) is 0 Å². The number of aryl methyl sites for hydroxylation is 2. The molecule has 2 rings (SSSR count). The van der Waals surface area contributed by atoms with E-state index >= 15 is 0 Å². The third kappa shape index (κ3) is 3.46. The quantitative estimate of drug-likeness (QED) is 0.836. The van der Waals surface area contributed by atoms with E-state index in [1.54, 1.807) is 11.3 Å². The van der Waals surface area contributed by atoms with Gasteiger partial charge in [-0.05, 0) is 50.7 Å². The summed E-state index contributed by atoms with van der Waals surface area (Å²) in [7, 11) is 0. The summed E-state index contributed by atoms with van der Waals surface area (Å²) >= 11 is 7.50. The van der Waals surface area contributed by atoms with Crippen LogP contribution in [0, 0.1) is 0 Å². The molecule has 0 saturated carbocycles. The van der Waals surface area contributed by atoms with Gasteiger partial charge in [0.1, 0.15) is 0 Å². The highest BCUT2D eigenvalue weighted by atomic mass is 35.5. The summed E-state index contributed by atoms with van der Waals surface area (Å²) in [5, 5.41) is 3.04. The summed E-state index contributed by atoms with van der Waals surface area (Å²) in [5.74, 6) is 0.0571. The highest BCUT2D eigenvalue weighted by molar-refractivity contribution is 7.14. The maximum atomic E-state index is 11.9. The first-order valence-electron chi connectivity index (χ1n) is 6.20. The van der Waals surface area contributed by atoms with Crippen LogP contribution in [0.1, 0.15) is 46.3 Å². The molecule has 2 nitrogen and oxygen atoms in total. The molecule has 4 heteroatoms. The second-order valence-electron chi connectivity index (χ2n) is 4.59. The Balaban J connectivity index is 1.92. The summed E-state index contributed by atoms with van der Waals surface area (Å²) < 4.78 is 0. The molecule has 0 fully saturated rings. The van der Waals surface area contributed by atoms with Gasteiger partial charge in [0, 0.05) is 16.8 Å². The third-order valence-corrected chi connectivity index (χ3v) is 4.50. The summed E-state index contributed by atoms with van der Waals surface area (Å²) in [6.07, 6.45) is 5.62. The monoisotopic (exact) mass is 271 g/mol. The van der Waals surface area contributed by atoms with Crippen LogP contribution in [0.15, 0.2) is 6.07 Å². The van der Waals surface area contributed by atoms with Crippen molar-refractivity contribution in [2.45, 2.75) is 44.4 Å². The zero-order valence-corrected chi connectivity index (χ0v) is 11.7. The first-order valence-corrected chi connectivity index (χ1v) is 7.46. The number of carbonyl (C=O) groups is 1. The fourth-order valence-corrected chi connectivity index (χ4v) is 3.35. The average Bonchev–Trinajstić information content (AvgIpc) is 2.71. The van der Waals surface area contributed by atoms with Crippen molar-refractivity contribution < 1.29 is 4.79 Å². The molecule has 0 saturated heterocycles. The first kappa shape index (κ1) is 12.9. The second kappa shape index (κ2) is 5.87. The maximum Gasteiger partial charge on any atom is 0.261 e. The highest BCUT2D eigenvalue weighted by Crippen LogP contribution is 2.29. The Morgan fingerprint density at radius 3 is 3.00 bits per heavy atom. The Hall–Kier alpha value is -0.540. The zero-order valence-electron chi connectivity index (χ0n) is 10.1. The number of nitrogens with one attached hydrogen (secondary N) is 1. The van der Waals surface area contributed by atoms with Crippen molar-refractivity contribution in [3.05, 3.63) is 21.4 Å². The molecule has 0 radical (unpaired) electrons. The van der Waals surface area contributed by atoms with Gasteiger partial charge in [0.15, 0.2) is 0 Å². The Bertz CT molecular complexity index is 377. The number of thiophene rings is 1. The van der Waals surface area contributed by atoms with E-state index < -0.39 is 0 Å². The average molecular weight is 272 g/mol. The van der Waals surface area contributed by atoms with Gasteiger partial charge in [0.25, 0.3) is 5.91 Å². The van der Waals surface area contributed by atoms with Crippen molar-refractivity contribution in [1.29, 1.82) is 0 Å². The van der Waals surface area contributed by atoms with Gasteiger partial charge in [0.05, 0.1) is 4.88 Å². The Labute approximate surface area is 111 Å². The minimum atomic E-state index is 0.0571. The van der Waals surface area contributed by atoms with Crippen molar-refractivity contribution in [3.8, 4) is 0 Å². The predicted octanol–water partition coefficient (Wildman–Crippen LogP) is 3.37. The van der Waals surface area contributed by atoms with Crippen molar-refractivity contribution in [2.24, 2.45) is 0 Å². The topological polar surface area (TPSA) is 29.1 Å². The standard InChI is InChI=1S/C13H18ClNOS/c1-9(14)6-7-15-13(16)12-8-10-4-2-3-5-11(10)17-12/h8-9H,2-7H2,1H3,(H,15,16). The van der Waals surface area contributed by atoms with Crippen LogP contribution in [0.25, 0.3) is 0 Å². The lowest BCUT2D eigenvalue weighted by Crippen LogP contribution is -2.24. The smallest absolute Gasteiger partial charge is 0.261 e. The minimum absolute atomic E-state index is 0.0571. The summed E-state index contributed by atoms with van der Waals surface area (Å²) in [4.78, 5) is 14.2. The van der Waals surface area contributed by atoms with E-state index in [-0.39, 0.29) is 11.3 Å². The molecule has 1 aliphatic carbocycles. The van der Waals surface area contributed by atoms with Crippen LogP contribution >= 0.6 is 22.9 Å². The Morgan fingerprint density at radius 2 is 2.29 bits per heavy atom. The number of carbonyl (C=O) groups excluding carboxylic acids is 1. The Kier molecular flexibility index (Phi) is 4.46. The van der Waals surface area contributed by atoms with Crippen LogP contribution in [0.2, 0.25) is 0 Å². The lowest BCUT2D eigenvalue weighted by molar-refractivity contribution is 0.0957. The number of hydrogen-bond donors (Lipinski definition) is 1.